The molecule has 0 aliphatic carbocycles. The van der Waals surface area contributed by atoms with E-state index in [4.69, 9.17) is 17.3 Å². The van der Waals surface area contributed by atoms with E-state index in [-0.39, 0.29) is 10.9 Å². The van der Waals surface area contributed by atoms with Crippen LogP contribution in [0.4, 0.5) is 4.39 Å². The number of nitrogens with two attached hydrogens (primary N) is 1. The molecule has 3 N–H and O–H groups in total. The molecule has 0 saturated carbocycles. The smallest absolute Gasteiger partial charge is 0.255 e. The molecule has 0 aliphatic heterocycles. The largest absolute Gasteiger partial charge is 0.316 e. The summed E-state index contributed by atoms with van der Waals surface area (Å²) in [6, 6.07) is 3.08. The zero-order chi connectivity index (χ0) is 12.3. The van der Waals surface area contributed by atoms with Gasteiger partial charge < -0.3 is 5.73 Å². The van der Waals surface area contributed by atoms with Crippen LogP contribution in [0, 0.1) is 5.82 Å². The van der Waals surface area contributed by atoms with Gasteiger partial charge in [0.25, 0.3) is 5.91 Å². The minimum atomic E-state index is -0.875. The molecular formula is C10H13ClFN3O. The van der Waals surface area contributed by atoms with E-state index in [1.54, 1.807) is 14.1 Å². The summed E-state index contributed by atoms with van der Waals surface area (Å²) in [7, 11) is 3.34. The van der Waals surface area contributed by atoms with Crippen molar-refractivity contribution in [2.75, 3.05) is 14.1 Å². The molecule has 1 atom stereocenters. The highest BCUT2D eigenvalue weighted by molar-refractivity contribution is 6.30. The molecule has 16 heavy (non-hydrogen) atoms. The van der Waals surface area contributed by atoms with E-state index in [0.717, 1.165) is 0 Å². The summed E-state index contributed by atoms with van der Waals surface area (Å²) in [5, 5.41) is 1.43. The van der Waals surface area contributed by atoms with Crippen molar-refractivity contribution >= 4 is 17.5 Å². The first-order valence-electron chi connectivity index (χ1n) is 4.60. The van der Waals surface area contributed by atoms with Gasteiger partial charge in [0.05, 0.1) is 5.02 Å². The highest BCUT2D eigenvalue weighted by atomic mass is 35.5. The molecule has 0 bridgehead atoms. The molecule has 1 rings (SSSR count). The van der Waals surface area contributed by atoms with Gasteiger partial charge in [-0.05, 0) is 17.7 Å². The standard InChI is InChI=1S/C10H13ClFN3O/c1-15(2)14-10(16)9(13)6-3-4-8(12)7(11)5-6/h3-5,9H,13H2,1-2H3,(H,14,16). The molecule has 88 valence electrons. The highest BCUT2D eigenvalue weighted by Gasteiger charge is 2.17. The van der Waals surface area contributed by atoms with Crippen LogP contribution in [0.3, 0.4) is 0 Å². The maximum absolute atomic E-state index is 12.9. The minimum absolute atomic E-state index is 0.0504. The summed E-state index contributed by atoms with van der Waals surface area (Å²) in [6.45, 7) is 0. The van der Waals surface area contributed by atoms with E-state index in [1.807, 2.05) is 0 Å². The lowest BCUT2D eigenvalue weighted by Gasteiger charge is -2.16. The second-order valence-electron chi connectivity index (χ2n) is 3.52. The third kappa shape index (κ3) is 3.16. The van der Waals surface area contributed by atoms with E-state index in [2.05, 4.69) is 5.43 Å². The average Bonchev–Trinajstić information content (AvgIpc) is 2.20. The van der Waals surface area contributed by atoms with Crippen molar-refractivity contribution < 1.29 is 9.18 Å². The van der Waals surface area contributed by atoms with E-state index in [1.165, 1.54) is 23.2 Å². The van der Waals surface area contributed by atoms with Crippen LogP contribution in [0.1, 0.15) is 11.6 Å². The normalized spacial score (nSPS) is 12.6. The quantitative estimate of drug-likeness (QED) is 0.784. The number of benzene rings is 1. The molecule has 0 saturated heterocycles. The number of hydrazine groups is 1. The van der Waals surface area contributed by atoms with Crippen LogP contribution in [0.5, 0.6) is 0 Å². The van der Waals surface area contributed by atoms with Crippen LogP contribution in [0.25, 0.3) is 0 Å². The van der Waals surface area contributed by atoms with Crippen molar-refractivity contribution in [3.63, 3.8) is 0 Å². The number of carbonyl (C=O) groups excluding carboxylic acids is 1. The molecule has 0 fully saturated rings. The number of rotatable bonds is 3. The maximum atomic E-state index is 12.9. The Balaban J connectivity index is 2.83. The van der Waals surface area contributed by atoms with E-state index >= 15 is 0 Å². The Morgan fingerprint density at radius 2 is 2.19 bits per heavy atom. The molecule has 1 unspecified atom stereocenters. The van der Waals surface area contributed by atoms with Crippen molar-refractivity contribution in [2.45, 2.75) is 6.04 Å². The Morgan fingerprint density at radius 3 is 2.69 bits per heavy atom. The van der Waals surface area contributed by atoms with E-state index in [0.29, 0.717) is 5.56 Å². The fourth-order valence-electron chi connectivity index (χ4n) is 1.15. The second kappa shape index (κ2) is 5.25. The Hall–Kier alpha value is -1.17. The second-order valence-corrected chi connectivity index (χ2v) is 3.93. The Bertz CT molecular complexity index is 398. The van der Waals surface area contributed by atoms with Crippen molar-refractivity contribution in [2.24, 2.45) is 5.73 Å². The zero-order valence-electron chi connectivity index (χ0n) is 9.00. The van der Waals surface area contributed by atoms with Gasteiger partial charge in [-0.2, -0.15) is 0 Å². The Kier molecular flexibility index (Phi) is 4.23. The van der Waals surface area contributed by atoms with Gasteiger partial charge in [0.2, 0.25) is 0 Å². The number of carbonyl (C=O) groups is 1. The Morgan fingerprint density at radius 1 is 1.56 bits per heavy atom. The molecule has 4 nitrogen and oxygen atoms in total. The summed E-state index contributed by atoms with van der Waals surface area (Å²) in [5.41, 5.74) is 8.66. The van der Waals surface area contributed by atoms with Gasteiger partial charge in [-0.1, -0.05) is 17.7 Å². The van der Waals surface area contributed by atoms with Crippen LogP contribution in [0.15, 0.2) is 18.2 Å². The van der Waals surface area contributed by atoms with Gasteiger partial charge in [-0.15, -0.1) is 0 Å². The molecule has 0 aliphatic rings. The van der Waals surface area contributed by atoms with Crippen LogP contribution in [-0.4, -0.2) is 25.0 Å². The summed E-state index contributed by atoms with van der Waals surface area (Å²) >= 11 is 5.60. The van der Waals surface area contributed by atoms with Gasteiger partial charge in [0.15, 0.2) is 0 Å². The molecule has 1 aromatic carbocycles. The van der Waals surface area contributed by atoms with Crippen LogP contribution < -0.4 is 11.2 Å². The SMILES string of the molecule is CN(C)NC(=O)C(N)c1ccc(F)c(Cl)c1. The lowest BCUT2D eigenvalue weighted by Crippen LogP contribution is -2.41. The summed E-state index contributed by atoms with van der Waals surface area (Å²) in [6.07, 6.45) is 0. The first kappa shape index (κ1) is 12.9. The van der Waals surface area contributed by atoms with Gasteiger partial charge >= 0.3 is 0 Å². The number of amides is 1. The fraction of sp³-hybridized carbons (Fsp3) is 0.300. The van der Waals surface area contributed by atoms with Gasteiger partial charge in [0, 0.05) is 14.1 Å². The number of nitrogens with one attached hydrogen (secondary N) is 1. The Labute approximate surface area is 98.1 Å². The molecule has 0 radical (unpaired) electrons. The minimum Gasteiger partial charge on any atom is -0.316 e. The lowest BCUT2D eigenvalue weighted by atomic mass is 10.1. The van der Waals surface area contributed by atoms with Gasteiger partial charge in [0.1, 0.15) is 11.9 Å². The van der Waals surface area contributed by atoms with Crippen LogP contribution in [0.2, 0.25) is 5.02 Å². The average molecular weight is 246 g/mol. The first-order chi connectivity index (χ1) is 7.41. The van der Waals surface area contributed by atoms with Crippen molar-refractivity contribution in [3.05, 3.63) is 34.6 Å². The highest BCUT2D eigenvalue weighted by Crippen LogP contribution is 2.19. The number of halogens is 2. The summed E-state index contributed by atoms with van der Waals surface area (Å²) in [4.78, 5) is 11.5. The van der Waals surface area contributed by atoms with E-state index < -0.39 is 11.9 Å². The van der Waals surface area contributed by atoms with Crippen LogP contribution >= 0.6 is 11.6 Å². The zero-order valence-corrected chi connectivity index (χ0v) is 9.75. The fourth-order valence-corrected chi connectivity index (χ4v) is 1.34. The summed E-state index contributed by atoms with van der Waals surface area (Å²) < 4.78 is 12.9. The number of hydrogen-bond donors (Lipinski definition) is 2. The molecule has 0 aromatic heterocycles. The number of nitrogens with zero attached hydrogens (tertiary/aromatic N) is 1. The topological polar surface area (TPSA) is 58.4 Å². The van der Waals surface area contributed by atoms with Gasteiger partial charge in [-0.3, -0.25) is 10.2 Å². The molecule has 0 spiro atoms. The first-order valence-corrected chi connectivity index (χ1v) is 4.98. The number of hydrogen-bond acceptors (Lipinski definition) is 3. The third-order valence-corrected chi connectivity index (χ3v) is 2.21. The maximum Gasteiger partial charge on any atom is 0.255 e. The van der Waals surface area contributed by atoms with Crippen LogP contribution in [-0.2, 0) is 4.79 Å². The van der Waals surface area contributed by atoms with E-state index in [9.17, 15) is 9.18 Å². The predicted molar refractivity (Wildman–Crippen MR) is 60.2 cm³/mol. The monoisotopic (exact) mass is 245 g/mol. The van der Waals surface area contributed by atoms with Crippen molar-refractivity contribution in [1.82, 2.24) is 10.4 Å². The molecule has 6 heteroatoms. The third-order valence-electron chi connectivity index (χ3n) is 1.92. The molecule has 1 aromatic rings. The molecule has 0 heterocycles. The van der Waals surface area contributed by atoms with Crippen molar-refractivity contribution in [3.8, 4) is 0 Å². The summed E-state index contributed by atoms with van der Waals surface area (Å²) in [5.74, 6) is -0.918. The predicted octanol–water partition coefficient (Wildman–Crippen LogP) is 1.07. The molecular weight excluding hydrogens is 233 g/mol. The van der Waals surface area contributed by atoms with Crippen molar-refractivity contribution in [1.29, 1.82) is 0 Å². The lowest BCUT2D eigenvalue weighted by molar-refractivity contribution is -0.126. The van der Waals surface area contributed by atoms with Gasteiger partial charge in [-0.25, -0.2) is 9.40 Å². The molecule has 1 amide bonds.